The Labute approximate surface area is 163 Å². The third-order valence-electron chi connectivity index (χ3n) is 5.46. The zero-order valence-corrected chi connectivity index (χ0v) is 19.6. The fourth-order valence-corrected chi connectivity index (χ4v) is 10.1. The van der Waals surface area contributed by atoms with E-state index in [9.17, 15) is 9.90 Å². The molecule has 144 valence electrons. The Bertz CT molecular complexity index is 525. The molecule has 0 aromatic heterocycles. The summed E-state index contributed by atoms with van der Waals surface area (Å²) in [5.74, 6) is -0.0598. The van der Waals surface area contributed by atoms with Crippen LogP contribution >= 0.6 is 15.9 Å². The van der Waals surface area contributed by atoms with Crippen molar-refractivity contribution in [3.05, 3.63) is 22.2 Å². The Hall–Kier alpha value is -0.233. The molecular weight excluding hydrogens is 396 g/mol. The molecule has 0 amide bonds. The van der Waals surface area contributed by atoms with Gasteiger partial charge in [0.1, 0.15) is 5.60 Å². The molecule has 1 aliphatic carbocycles. The Morgan fingerprint density at radius 1 is 1.28 bits per heavy atom. The van der Waals surface area contributed by atoms with Crippen LogP contribution in [0.1, 0.15) is 68.2 Å². The highest BCUT2D eigenvalue weighted by Crippen LogP contribution is 2.46. The molecule has 0 saturated heterocycles. The predicted octanol–water partition coefficient (Wildman–Crippen LogP) is 5.89. The summed E-state index contributed by atoms with van der Waals surface area (Å²) in [6.45, 7) is 17.4. The van der Waals surface area contributed by atoms with Gasteiger partial charge in [-0.2, -0.15) is 0 Å². The molecule has 1 aliphatic rings. The summed E-state index contributed by atoms with van der Waals surface area (Å²) in [5.41, 5.74) is 1.22. The van der Waals surface area contributed by atoms with E-state index in [-0.39, 0.29) is 12.2 Å². The van der Waals surface area contributed by atoms with Crippen molar-refractivity contribution in [3.8, 4) is 0 Å². The van der Waals surface area contributed by atoms with Gasteiger partial charge in [0, 0.05) is 6.42 Å². The maximum atomic E-state index is 12.2. The van der Waals surface area contributed by atoms with Gasteiger partial charge < -0.3 is 9.53 Å². The van der Waals surface area contributed by atoms with Crippen molar-refractivity contribution in [2.75, 3.05) is 0 Å². The number of ketones is 1. The number of carbonyl (C=O) groups excluding carboxylic acids is 1. The van der Waals surface area contributed by atoms with Crippen LogP contribution in [0.3, 0.4) is 0 Å². The van der Waals surface area contributed by atoms with E-state index in [1.165, 1.54) is 0 Å². The van der Waals surface area contributed by atoms with Crippen LogP contribution in [-0.4, -0.2) is 30.9 Å². The number of allylic oxidation sites excluding steroid dienone is 2. The molecule has 0 fully saturated rings. The summed E-state index contributed by atoms with van der Waals surface area (Å²) >= 11 is 3.36. The second kappa shape index (κ2) is 8.64. The SMILES string of the molecule is CC(C)=CC[C@@]1(O)CC(=O)C(Br)=C[C@H]1O[Si](C(C)C)(C(C)C)C(C)C. The summed E-state index contributed by atoms with van der Waals surface area (Å²) in [4.78, 5) is 12.2. The van der Waals surface area contributed by atoms with Crippen molar-refractivity contribution in [2.24, 2.45) is 0 Å². The first-order valence-corrected chi connectivity index (χ1v) is 12.2. The Morgan fingerprint density at radius 3 is 2.16 bits per heavy atom. The number of aliphatic hydroxyl groups is 1. The van der Waals surface area contributed by atoms with E-state index >= 15 is 0 Å². The molecule has 0 spiro atoms. The minimum atomic E-state index is -2.17. The van der Waals surface area contributed by atoms with Gasteiger partial charge in [-0.3, -0.25) is 4.79 Å². The lowest BCUT2D eigenvalue weighted by Gasteiger charge is -2.48. The number of carbonyl (C=O) groups is 1. The first-order chi connectivity index (χ1) is 11.4. The van der Waals surface area contributed by atoms with Gasteiger partial charge in [0.25, 0.3) is 0 Å². The maximum absolute atomic E-state index is 12.2. The second-order valence-corrected chi connectivity index (χ2v) is 14.8. The Kier molecular flexibility index (Phi) is 7.88. The fraction of sp³-hybridized carbons (Fsp3) is 0.750. The fourth-order valence-electron chi connectivity index (χ4n) is 4.19. The molecule has 0 radical (unpaired) electrons. The molecule has 3 nitrogen and oxygen atoms in total. The predicted molar refractivity (Wildman–Crippen MR) is 112 cm³/mol. The summed E-state index contributed by atoms with van der Waals surface area (Å²) in [5, 5.41) is 11.3. The zero-order chi connectivity index (χ0) is 19.6. The quantitative estimate of drug-likeness (QED) is 0.404. The van der Waals surface area contributed by atoms with Crippen molar-refractivity contribution in [2.45, 2.75) is 96.6 Å². The lowest BCUT2D eigenvalue weighted by molar-refractivity contribution is -0.126. The van der Waals surface area contributed by atoms with Gasteiger partial charge in [0.2, 0.25) is 8.32 Å². The Morgan fingerprint density at radius 2 is 1.76 bits per heavy atom. The summed E-state index contributed by atoms with van der Waals surface area (Å²) in [6, 6.07) is 0. The molecule has 0 saturated carbocycles. The van der Waals surface area contributed by atoms with Gasteiger partial charge in [0.15, 0.2) is 5.78 Å². The third-order valence-corrected chi connectivity index (χ3v) is 12.2. The van der Waals surface area contributed by atoms with Gasteiger partial charge in [-0.25, -0.2) is 0 Å². The summed E-state index contributed by atoms with van der Waals surface area (Å²) in [7, 11) is -2.17. The number of hydrogen-bond donors (Lipinski definition) is 1. The average Bonchev–Trinajstić information content (AvgIpc) is 2.46. The molecule has 0 aromatic rings. The van der Waals surface area contributed by atoms with Crippen molar-refractivity contribution in [1.29, 1.82) is 0 Å². The highest BCUT2D eigenvalue weighted by atomic mass is 79.9. The van der Waals surface area contributed by atoms with Gasteiger partial charge in [-0.1, -0.05) is 53.2 Å². The number of hydrogen-bond acceptors (Lipinski definition) is 3. The molecular formula is C20H35BrO3Si. The molecule has 1 N–H and O–H groups in total. The molecule has 0 aliphatic heterocycles. The van der Waals surface area contributed by atoms with Crippen LogP contribution in [0, 0.1) is 0 Å². The molecule has 25 heavy (non-hydrogen) atoms. The van der Waals surface area contributed by atoms with Crippen molar-refractivity contribution >= 4 is 30.0 Å². The van der Waals surface area contributed by atoms with E-state index in [4.69, 9.17) is 4.43 Å². The summed E-state index contributed by atoms with van der Waals surface area (Å²) in [6.07, 6.45) is 3.85. The normalized spacial score (nSPS) is 24.9. The van der Waals surface area contributed by atoms with Crippen LogP contribution in [0.4, 0.5) is 0 Å². The Balaban J connectivity index is 3.35. The van der Waals surface area contributed by atoms with E-state index in [2.05, 4.69) is 57.5 Å². The number of rotatable bonds is 7. The van der Waals surface area contributed by atoms with E-state index in [0.717, 1.165) is 5.57 Å². The minimum absolute atomic E-state index is 0.0598. The van der Waals surface area contributed by atoms with Gasteiger partial charge >= 0.3 is 0 Å². The molecule has 2 atom stereocenters. The molecule has 0 unspecified atom stereocenters. The van der Waals surface area contributed by atoms with E-state index in [0.29, 0.717) is 27.5 Å². The van der Waals surface area contributed by atoms with E-state index in [1.54, 1.807) is 6.08 Å². The first kappa shape index (κ1) is 22.8. The topological polar surface area (TPSA) is 46.5 Å². The number of Topliss-reactive ketones (excluding diaryl/α,β-unsaturated/α-hetero) is 1. The lowest BCUT2D eigenvalue weighted by Crippen LogP contribution is -2.57. The van der Waals surface area contributed by atoms with Crippen molar-refractivity contribution < 1.29 is 14.3 Å². The lowest BCUT2D eigenvalue weighted by atomic mass is 9.83. The van der Waals surface area contributed by atoms with Crippen LogP contribution in [0.2, 0.25) is 16.6 Å². The maximum Gasteiger partial charge on any atom is 0.201 e. The number of halogens is 1. The third kappa shape index (κ3) is 4.94. The van der Waals surface area contributed by atoms with Crippen LogP contribution in [0.25, 0.3) is 0 Å². The van der Waals surface area contributed by atoms with Crippen LogP contribution in [0.5, 0.6) is 0 Å². The average molecular weight is 431 g/mol. The smallest absolute Gasteiger partial charge is 0.201 e. The highest BCUT2D eigenvalue weighted by molar-refractivity contribution is 9.12. The molecule has 0 aromatic carbocycles. The minimum Gasteiger partial charge on any atom is -0.407 e. The highest BCUT2D eigenvalue weighted by Gasteiger charge is 2.51. The van der Waals surface area contributed by atoms with Gasteiger partial charge in [-0.15, -0.1) is 0 Å². The first-order valence-electron chi connectivity index (χ1n) is 9.30. The van der Waals surface area contributed by atoms with Crippen molar-refractivity contribution in [3.63, 3.8) is 0 Å². The van der Waals surface area contributed by atoms with E-state index < -0.39 is 20.0 Å². The van der Waals surface area contributed by atoms with Gasteiger partial charge in [-0.05, 0) is 58.9 Å². The van der Waals surface area contributed by atoms with E-state index in [1.807, 2.05) is 19.9 Å². The monoisotopic (exact) mass is 430 g/mol. The standard InChI is InChI=1S/C20H35BrO3Si/c1-13(2)9-10-20(23)12-18(22)17(21)11-19(20)24-25(14(3)4,15(5)6)16(7)8/h9,11,14-16,19,23H,10,12H2,1-8H3/t19-,20-/m1/s1. The molecule has 0 heterocycles. The zero-order valence-electron chi connectivity index (χ0n) is 17.0. The summed E-state index contributed by atoms with van der Waals surface area (Å²) < 4.78 is 7.36. The van der Waals surface area contributed by atoms with Crippen LogP contribution < -0.4 is 0 Å². The van der Waals surface area contributed by atoms with Crippen LogP contribution in [0.15, 0.2) is 22.2 Å². The second-order valence-electron chi connectivity index (χ2n) is 8.56. The molecule has 1 rings (SSSR count). The van der Waals surface area contributed by atoms with Crippen LogP contribution in [-0.2, 0) is 9.22 Å². The largest absolute Gasteiger partial charge is 0.407 e. The molecule has 5 heteroatoms. The van der Waals surface area contributed by atoms with Crippen molar-refractivity contribution in [1.82, 2.24) is 0 Å². The molecule has 0 bridgehead atoms. The van der Waals surface area contributed by atoms with Gasteiger partial charge in [0.05, 0.1) is 10.6 Å².